The summed E-state index contributed by atoms with van der Waals surface area (Å²) in [5, 5.41) is 35.6. The van der Waals surface area contributed by atoms with Gasteiger partial charge in [-0.15, -0.1) is 0 Å². The van der Waals surface area contributed by atoms with Gasteiger partial charge in [-0.05, 0) is 206 Å². The van der Waals surface area contributed by atoms with Gasteiger partial charge in [0.25, 0.3) is 0 Å². The summed E-state index contributed by atoms with van der Waals surface area (Å²) >= 11 is 0. The van der Waals surface area contributed by atoms with Crippen molar-refractivity contribution < 1.29 is 0 Å². The van der Waals surface area contributed by atoms with Crippen molar-refractivity contribution in [3.05, 3.63) is 141 Å². The first-order valence-electron chi connectivity index (χ1n) is 20.4. The fraction of sp³-hybridized carbons (Fsp3) is 0.148. The highest BCUT2D eigenvalue weighted by molar-refractivity contribution is 6.65. The molecule has 1 spiro atoms. The van der Waals surface area contributed by atoms with E-state index in [4.69, 9.17) is 0 Å². The first kappa shape index (κ1) is 24.4. The summed E-state index contributed by atoms with van der Waals surface area (Å²) in [5.74, 6) is 1.33. The topological polar surface area (TPSA) is 0 Å². The monoisotopic (exact) mass is 674 g/mol. The van der Waals surface area contributed by atoms with Crippen molar-refractivity contribution in [3.8, 4) is 0 Å². The van der Waals surface area contributed by atoms with Gasteiger partial charge in [-0.2, -0.15) is 0 Å². The minimum atomic E-state index is 0.00564. The van der Waals surface area contributed by atoms with Crippen molar-refractivity contribution in [2.24, 2.45) is 0 Å². The van der Waals surface area contributed by atoms with Crippen molar-refractivity contribution in [2.75, 3.05) is 0 Å². The van der Waals surface area contributed by atoms with Gasteiger partial charge in [0.2, 0.25) is 0 Å². The van der Waals surface area contributed by atoms with E-state index in [-0.39, 0.29) is 5.41 Å². The molecule has 4 atom stereocenters. The Labute approximate surface area is 307 Å². The molecule has 14 aromatic carbocycles. The maximum atomic E-state index is 2.81. The second-order valence-electron chi connectivity index (χ2n) is 18.9. The van der Waals surface area contributed by atoms with Gasteiger partial charge in [-0.1, -0.05) is 91.0 Å². The zero-order valence-corrected chi connectivity index (χ0v) is 29.2. The summed E-state index contributed by atoms with van der Waals surface area (Å²) in [6.07, 6.45) is 4.48. The molecule has 0 nitrogen and oxygen atoms in total. The van der Waals surface area contributed by atoms with Crippen LogP contribution in [0.25, 0.3) is 118 Å². The second kappa shape index (κ2) is 6.80. The van der Waals surface area contributed by atoms with E-state index in [1.165, 1.54) is 22.8 Å². The summed E-state index contributed by atoms with van der Waals surface area (Å²) in [5.41, 5.74) is 14.5. The highest BCUT2D eigenvalue weighted by Crippen LogP contribution is 2.76. The van der Waals surface area contributed by atoms with Gasteiger partial charge in [-0.3, -0.25) is 0 Å². The molecular weight excluding hydrogens is 649 g/mol. The Morgan fingerprint density at radius 2 is 0.852 bits per heavy atom. The molecule has 0 radical (unpaired) electrons. The smallest absolute Gasteiger partial charge is 0.0150 e. The molecule has 14 aromatic rings. The van der Waals surface area contributed by atoms with Crippen LogP contribution in [0.5, 0.6) is 0 Å². The van der Waals surface area contributed by atoms with Gasteiger partial charge in [0.05, 0.1) is 0 Å². The lowest BCUT2D eigenvalue weighted by Crippen LogP contribution is -2.37. The van der Waals surface area contributed by atoms with E-state index in [9.17, 15) is 0 Å². The van der Waals surface area contributed by atoms with E-state index < -0.39 is 0 Å². The highest BCUT2D eigenvalue weighted by atomic mass is 14.6. The number of benzene rings is 11. The molecule has 5 aliphatic rings. The van der Waals surface area contributed by atoms with Crippen LogP contribution in [-0.2, 0) is 24.7 Å². The first-order valence-corrected chi connectivity index (χ1v) is 20.4. The van der Waals surface area contributed by atoms with E-state index >= 15 is 0 Å². The average molecular weight is 675 g/mol. The molecule has 19 rings (SSSR count). The van der Waals surface area contributed by atoms with Crippen LogP contribution >= 0.6 is 0 Å². The maximum Gasteiger partial charge on any atom is 0.0150 e. The summed E-state index contributed by atoms with van der Waals surface area (Å²) in [4.78, 5) is 0. The molecule has 1 saturated carbocycles. The van der Waals surface area contributed by atoms with Crippen molar-refractivity contribution in [1.29, 1.82) is 0 Å². The predicted molar refractivity (Wildman–Crippen MR) is 225 cm³/mol. The van der Waals surface area contributed by atoms with Gasteiger partial charge in [-0.25, -0.2) is 0 Å². The normalized spacial score (nSPS) is 23.9. The molecule has 242 valence electrons. The minimum absolute atomic E-state index is 0.00564. The van der Waals surface area contributed by atoms with Crippen molar-refractivity contribution in [1.82, 2.24) is 0 Å². The second-order valence-corrected chi connectivity index (χ2v) is 18.9. The number of hydrogen-bond acceptors (Lipinski definition) is 0. The summed E-state index contributed by atoms with van der Waals surface area (Å²) in [6, 6.07) is 37.0. The molecule has 4 unspecified atom stereocenters. The summed E-state index contributed by atoms with van der Waals surface area (Å²) < 4.78 is 0. The Kier molecular flexibility index (Phi) is 3.07. The molecule has 0 amide bonds. The van der Waals surface area contributed by atoms with E-state index in [1.54, 1.807) is 152 Å². The molecule has 1 fully saturated rings. The third-order valence-electron chi connectivity index (χ3n) is 17.4. The lowest BCUT2D eigenvalue weighted by molar-refractivity contribution is 0.355. The van der Waals surface area contributed by atoms with E-state index in [2.05, 4.69) is 91.0 Å². The molecule has 0 aliphatic heterocycles. The standard InChI is InChI=1S/C54H26/c1-3-7-20(8-4-1)29-18-31(21-9-5-2-6-10-21)54-19-28-16-26-14-23-11-22-12-25-13-24-15-27-17-30(52(29)54)39-44-35(27)34(24)41-36(25)40-32(22)33(23)42-37(26)43-38(28)53(54)51(39)50-48(43)46(42)45(40)47(41)49(44)50/h1-10,12-14,16-17,29,31,52H,11,15,18-19H2. The molecular formula is C54H26. The Bertz CT molecular complexity index is 4110. The van der Waals surface area contributed by atoms with Crippen LogP contribution in [0.4, 0.5) is 0 Å². The maximum absolute atomic E-state index is 2.81. The third kappa shape index (κ3) is 1.91. The Morgan fingerprint density at radius 1 is 0.389 bits per heavy atom. The largest absolute Gasteiger partial charge is 0.0622 e. The Balaban J connectivity index is 1.19. The van der Waals surface area contributed by atoms with E-state index in [1.807, 2.05) is 0 Å². The van der Waals surface area contributed by atoms with Gasteiger partial charge < -0.3 is 0 Å². The quantitative estimate of drug-likeness (QED) is 0.160. The lowest BCUT2D eigenvalue weighted by atomic mass is 9.58. The van der Waals surface area contributed by atoms with Gasteiger partial charge in [0, 0.05) is 11.3 Å². The molecule has 0 heteroatoms. The average Bonchev–Trinajstić information content (AvgIpc) is 4.05. The Hall–Kier alpha value is -5.98. The van der Waals surface area contributed by atoms with Crippen LogP contribution in [0.1, 0.15) is 74.2 Å². The van der Waals surface area contributed by atoms with Crippen LogP contribution in [0, 0.1) is 0 Å². The number of fused-ring (bicyclic) bond motifs is 1. The highest BCUT2D eigenvalue weighted by Gasteiger charge is 2.63. The van der Waals surface area contributed by atoms with E-state index in [0.717, 1.165) is 19.3 Å². The summed E-state index contributed by atoms with van der Waals surface area (Å²) in [6.45, 7) is 0. The van der Waals surface area contributed by atoms with Crippen molar-refractivity contribution >= 4 is 118 Å². The van der Waals surface area contributed by atoms with Crippen LogP contribution in [0.2, 0.25) is 0 Å². The van der Waals surface area contributed by atoms with Crippen molar-refractivity contribution in [2.45, 2.75) is 48.9 Å². The number of rotatable bonds is 2. The van der Waals surface area contributed by atoms with Crippen LogP contribution in [0.3, 0.4) is 0 Å². The van der Waals surface area contributed by atoms with Crippen LogP contribution < -0.4 is 0 Å². The molecule has 0 aromatic heterocycles. The van der Waals surface area contributed by atoms with Crippen LogP contribution in [-0.4, -0.2) is 0 Å². The molecule has 0 saturated heterocycles. The zero-order valence-electron chi connectivity index (χ0n) is 29.2. The van der Waals surface area contributed by atoms with Crippen LogP contribution in [0.15, 0.2) is 91.0 Å². The molecule has 0 heterocycles. The molecule has 54 heavy (non-hydrogen) atoms. The molecule has 0 bridgehead atoms. The Morgan fingerprint density at radius 3 is 1.44 bits per heavy atom. The van der Waals surface area contributed by atoms with E-state index in [0.29, 0.717) is 17.8 Å². The van der Waals surface area contributed by atoms with Gasteiger partial charge in [0.15, 0.2) is 0 Å². The van der Waals surface area contributed by atoms with Gasteiger partial charge in [0.1, 0.15) is 0 Å². The predicted octanol–water partition coefficient (Wildman–Crippen LogP) is 13.5. The SMILES string of the molecule is c1ccc(C2CC(c3ccccc3)C34Cc5cc6cc7c8c9c(cc%10cc%11c%12c%13c(cc(c%14c%15c3c5c3c6c8c5c3c%15c(c%14%13)c3c%12c%10c9c35)C24)C%11)C7)cc1. The van der Waals surface area contributed by atoms with Gasteiger partial charge >= 0.3 is 0 Å². The lowest BCUT2D eigenvalue weighted by Gasteiger charge is -2.43. The molecule has 5 aliphatic carbocycles. The molecule has 0 N–H and O–H groups in total. The number of hydrogen-bond donors (Lipinski definition) is 0. The third-order valence-corrected chi connectivity index (χ3v) is 17.4. The fourth-order valence-corrected chi connectivity index (χ4v) is 16.4. The first-order chi connectivity index (χ1) is 26.8. The fourth-order valence-electron chi connectivity index (χ4n) is 16.4. The summed E-state index contributed by atoms with van der Waals surface area (Å²) in [7, 11) is 0. The zero-order chi connectivity index (χ0) is 33.6. The van der Waals surface area contributed by atoms with Crippen molar-refractivity contribution in [3.63, 3.8) is 0 Å². The minimum Gasteiger partial charge on any atom is -0.0622 e.